The first kappa shape index (κ1) is 31.8. The fraction of sp³-hybridized carbons (Fsp3) is 0.462. The molecule has 11 nitrogen and oxygen atoms in total. The van der Waals surface area contributed by atoms with Gasteiger partial charge < -0.3 is 24.8 Å². The van der Waals surface area contributed by atoms with Crippen molar-refractivity contribution < 1.29 is 42.3 Å². The van der Waals surface area contributed by atoms with Crippen LogP contribution in [0, 0.1) is 10.1 Å². The molecule has 1 saturated heterocycles. The van der Waals surface area contributed by atoms with Gasteiger partial charge in [0.15, 0.2) is 11.5 Å². The van der Waals surface area contributed by atoms with Gasteiger partial charge in [-0.05, 0) is 75.0 Å². The van der Waals surface area contributed by atoms with Crippen LogP contribution in [0.5, 0.6) is 11.5 Å². The molecular formula is C26H31F3N4O7S. The Morgan fingerprint density at radius 1 is 1.15 bits per heavy atom. The van der Waals surface area contributed by atoms with E-state index in [1.54, 1.807) is 26.4 Å². The monoisotopic (exact) mass is 600 g/mol. The number of fused-ring (bicyclic) bond motifs is 1. The number of hydrogen-bond donors (Lipinski definition) is 3. The molecule has 2 aliphatic rings. The van der Waals surface area contributed by atoms with E-state index in [4.69, 9.17) is 19.4 Å². The van der Waals surface area contributed by atoms with E-state index in [0.29, 0.717) is 10.9 Å². The largest absolute Gasteiger partial charge is 0.493 e. The molecule has 2 aromatic carbocycles. The number of carboxylic acid groups (broad SMARTS) is 1. The Hall–Kier alpha value is -3.72. The summed E-state index contributed by atoms with van der Waals surface area (Å²) in [5, 5.41) is 21.2. The van der Waals surface area contributed by atoms with Gasteiger partial charge in [0.05, 0.1) is 19.1 Å². The second kappa shape index (κ2) is 13.3. The first-order valence-electron chi connectivity index (χ1n) is 12.5. The quantitative estimate of drug-likeness (QED) is 0.233. The summed E-state index contributed by atoms with van der Waals surface area (Å²) in [4.78, 5) is 35.0. The van der Waals surface area contributed by atoms with Gasteiger partial charge in [-0.25, -0.2) is 9.59 Å². The molecule has 0 aromatic heterocycles. The van der Waals surface area contributed by atoms with Crippen molar-refractivity contribution in [1.82, 2.24) is 14.9 Å². The highest BCUT2D eigenvalue weighted by Crippen LogP contribution is 2.49. The lowest BCUT2D eigenvalue weighted by Crippen LogP contribution is -2.52. The number of aliphatic carboxylic acids is 1. The molecule has 0 spiro atoms. The van der Waals surface area contributed by atoms with Gasteiger partial charge in [-0.1, -0.05) is 12.1 Å². The van der Waals surface area contributed by atoms with Gasteiger partial charge in [0.2, 0.25) is 0 Å². The van der Waals surface area contributed by atoms with Crippen LogP contribution < -0.4 is 19.5 Å². The molecule has 4 rings (SSSR count). The van der Waals surface area contributed by atoms with Crippen LogP contribution in [0.25, 0.3) is 0 Å². The lowest BCUT2D eigenvalue weighted by atomic mass is 9.65. The molecule has 2 amide bonds. The maximum Gasteiger partial charge on any atom is 0.490 e. The number of carboxylic acids is 1. The summed E-state index contributed by atoms with van der Waals surface area (Å²) in [6, 6.07) is 12.5. The summed E-state index contributed by atoms with van der Waals surface area (Å²) < 4.78 is 45.5. The molecule has 3 N–H and O–H groups in total. The Morgan fingerprint density at radius 3 is 2.44 bits per heavy atom. The maximum atomic E-state index is 12.6. The van der Waals surface area contributed by atoms with Gasteiger partial charge in [-0.2, -0.15) is 13.2 Å². The molecule has 1 saturated carbocycles. The molecule has 3 unspecified atom stereocenters. The third kappa shape index (κ3) is 7.73. The number of nitro groups is 1. The topological polar surface area (TPSA) is 143 Å². The van der Waals surface area contributed by atoms with E-state index in [-0.39, 0.29) is 23.2 Å². The van der Waals surface area contributed by atoms with Crippen molar-refractivity contribution in [2.24, 2.45) is 0 Å². The summed E-state index contributed by atoms with van der Waals surface area (Å²) in [6.45, 7) is 1.00. The molecule has 2 aromatic rings. The zero-order valence-corrected chi connectivity index (χ0v) is 23.4. The summed E-state index contributed by atoms with van der Waals surface area (Å²) in [6.07, 6.45) is -1.35. The molecule has 3 atom stereocenters. The van der Waals surface area contributed by atoms with Crippen LogP contribution in [0.1, 0.15) is 31.2 Å². The molecule has 1 aliphatic carbocycles. The zero-order valence-electron chi connectivity index (χ0n) is 22.6. The fourth-order valence-electron chi connectivity index (χ4n) is 5.38. The van der Waals surface area contributed by atoms with E-state index in [9.17, 15) is 28.1 Å². The van der Waals surface area contributed by atoms with Gasteiger partial charge >= 0.3 is 18.2 Å². The normalized spacial score (nSPS) is 22.0. The van der Waals surface area contributed by atoms with Gasteiger partial charge in [0.1, 0.15) is 0 Å². The minimum absolute atomic E-state index is 0.00439. The van der Waals surface area contributed by atoms with E-state index in [1.165, 1.54) is 17.7 Å². The van der Waals surface area contributed by atoms with E-state index in [2.05, 4.69) is 34.1 Å². The number of halogens is 3. The lowest BCUT2D eigenvalue weighted by molar-refractivity contribution is -0.385. The minimum Gasteiger partial charge on any atom is -0.493 e. The second-order valence-electron chi connectivity index (χ2n) is 9.68. The maximum absolute atomic E-state index is 12.6. The van der Waals surface area contributed by atoms with Crippen molar-refractivity contribution in [3.63, 3.8) is 0 Å². The smallest absolute Gasteiger partial charge is 0.490 e. The molecule has 0 bridgehead atoms. The van der Waals surface area contributed by atoms with E-state index < -0.39 is 17.1 Å². The molecular weight excluding hydrogens is 569 g/mol. The standard InChI is InChI=1S/C24H30N4O5S.C2HF3O2/c1-27-12-11-24(16-7-8-20(32-2)21(13-16)33-3)10-9-17(14-22(24)27)25-23(29)26-34-19-6-4-5-18(15-19)28(30)31;3-2(4,5)1(6)7/h4-8,13,15,17,22H,9-12,14H2,1-3H3,(H2,25,26,29);(H,6,7). The number of alkyl halides is 3. The van der Waals surface area contributed by atoms with Gasteiger partial charge in [0.25, 0.3) is 5.69 Å². The van der Waals surface area contributed by atoms with Crippen molar-refractivity contribution in [1.29, 1.82) is 0 Å². The summed E-state index contributed by atoms with van der Waals surface area (Å²) in [5.74, 6) is -1.30. The van der Waals surface area contributed by atoms with E-state index >= 15 is 0 Å². The number of likely N-dealkylation sites (N-methyl/N-ethyl adjacent to an activating group) is 1. The van der Waals surface area contributed by atoms with Crippen molar-refractivity contribution in [2.45, 2.75) is 54.3 Å². The Kier molecular flexibility index (Phi) is 10.3. The van der Waals surface area contributed by atoms with Crippen LogP contribution >= 0.6 is 11.9 Å². The van der Waals surface area contributed by atoms with Crippen LogP contribution in [0.2, 0.25) is 0 Å². The average Bonchev–Trinajstić information content (AvgIpc) is 3.28. The van der Waals surface area contributed by atoms with Crippen LogP contribution in [-0.4, -0.2) is 73.0 Å². The molecule has 15 heteroatoms. The number of nitrogens with zero attached hydrogens (tertiary/aromatic N) is 2. The SMILES string of the molecule is COc1ccc(C23CCC(NC(=O)NSc4cccc([N+](=O)[O-])c4)CC2N(C)CC3)cc1OC.O=C(O)C(F)(F)F. The van der Waals surface area contributed by atoms with Crippen LogP contribution in [-0.2, 0) is 10.2 Å². The van der Waals surface area contributed by atoms with Crippen molar-refractivity contribution in [3.8, 4) is 11.5 Å². The number of non-ortho nitro benzene ring substituents is 1. The van der Waals surface area contributed by atoms with Crippen molar-refractivity contribution >= 4 is 29.6 Å². The van der Waals surface area contributed by atoms with Gasteiger partial charge in [-0.15, -0.1) is 0 Å². The van der Waals surface area contributed by atoms with Gasteiger partial charge in [-0.3, -0.25) is 14.8 Å². The number of carbonyl (C=O) groups is 2. The number of carbonyl (C=O) groups excluding carboxylic acids is 1. The minimum atomic E-state index is -5.08. The highest BCUT2D eigenvalue weighted by atomic mass is 32.2. The Morgan fingerprint density at radius 2 is 1.83 bits per heavy atom. The number of amides is 2. The average molecular weight is 601 g/mol. The fourth-order valence-corrected chi connectivity index (χ4v) is 5.97. The number of urea groups is 1. The number of hydrogen-bond acceptors (Lipinski definition) is 8. The summed E-state index contributed by atoms with van der Waals surface area (Å²) >= 11 is 1.07. The first-order chi connectivity index (χ1) is 19.3. The summed E-state index contributed by atoms with van der Waals surface area (Å²) in [7, 11) is 5.44. The number of methoxy groups -OCH3 is 2. The lowest BCUT2D eigenvalue weighted by Gasteiger charge is -2.45. The number of ether oxygens (including phenoxy) is 2. The molecule has 224 valence electrons. The third-order valence-corrected chi connectivity index (χ3v) is 8.13. The number of rotatable bonds is 7. The first-order valence-corrected chi connectivity index (χ1v) is 13.3. The number of benzene rings is 2. The predicted molar refractivity (Wildman–Crippen MR) is 144 cm³/mol. The van der Waals surface area contributed by atoms with Crippen LogP contribution in [0.3, 0.4) is 0 Å². The van der Waals surface area contributed by atoms with Crippen LogP contribution in [0.15, 0.2) is 47.4 Å². The van der Waals surface area contributed by atoms with E-state index in [1.807, 2.05) is 6.07 Å². The molecule has 0 radical (unpaired) electrons. The number of nitrogens with one attached hydrogen (secondary N) is 2. The highest BCUT2D eigenvalue weighted by Gasteiger charge is 2.50. The summed E-state index contributed by atoms with van der Waals surface area (Å²) in [5.41, 5.74) is 1.26. The predicted octanol–water partition coefficient (Wildman–Crippen LogP) is 4.75. The Labute approximate surface area is 238 Å². The number of likely N-dealkylation sites (tertiary alicyclic amines) is 1. The zero-order chi connectivity index (χ0) is 30.4. The van der Waals surface area contributed by atoms with Crippen molar-refractivity contribution in [3.05, 3.63) is 58.1 Å². The second-order valence-corrected chi connectivity index (χ2v) is 10.6. The highest BCUT2D eigenvalue weighted by molar-refractivity contribution is 7.98. The van der Waals surface area contributed by atoms with Crippen molar-refractivity contribution in [2.75, 3.05) is 27.8 Å². The van der Waals surface area contributed by atoms with Crippen LogP contribution in [0.4, 0.5) is 23.7 Å². The third-order valence-electron chi connectivity index (χ3n) is 7.35. The molecule has 2 fully saturated rings. The molecule has 41 heavy (non-hydrogen) atoms. The number of nitro benzene ring substituents is 1. The molecule has 1 heterocycles. The molecule has 1 aliphatic heterocycles. The Bertz CT molecular complexity index is 1270. The van der Waals surface area contributed by atoms with Gasteiger partial charge in [0, 0.05) is 34.5 Å². The van der Waals surface area contributed by atoms with E-state index in [0.717, 1.165) is 55.7 Å². The Balaban J connectivity index is 0.000000587.